The number of alkyl carbamates (subject to hydrolysis) is 1. The SMILES string of the molecule is CC/C=C\CCC1CO/C=C(/C)NC(=O)C(C(C)OCc2ccccc2)NC(=O)C(CNC(=O)OCc2ccccc2)NC(=O)C(C2CCCCC2)NC(=O)C(CCC)N(C)C1=O. The topological polar surface area (TPSA) is 194 Å². The van der Waals surface area contributed by atoms with Crippen molar-refractivity contribution < 1.29 is 43.0 Å². The lowest BCUT2D eigenvalue weighted by Crippen LogP contribution is -2.63. The van der Waals surface area contributed by atoms with Crippen LogP contribution in [0.15, 0.2) is 84.8 Å². The minimum atomic E-state index is -1.43. The number of allylic oxidation sites excluding steroid dienone is 3. The number of hydrogen-bond donors (Lipinski definition) is 5. The van der Waals surface area contributed by atoms with Crippen LogP contribution in [0, 0.1) is 11.8 Å². The van der Waals surface area contributed by atoms with E-state index >= 15 is 0 Å². The minimum Gasteiger partial charge on any atom is -0.499 e. The zero-order chi connectivity index (χ0) is 45.6. The standard InChI is InChI=1S/C48H68N6O9/c1-6-8-9-17-27-38-32-61-29-33(3)50-45(57)41(34(4)62-30-35-21-13-10-14-22-35)52-43(55)39(28-49-48(60)63-31-36-23-15-11-16-24-36)51-46(58)42(37-25-18-12-19-26-37)53-44(56)40(20-7-2)54(5)47(38)59/h8-11,13-16,21-24,29,34,37-42H,6-7,12,17-20,25-28,30-32H2,1-5H3,(H,49,60)(H,50,57)(H,51,58)(H,52,55)(H,53,56)/b9-8-,33-29-. The number of hydrogen-bond acceptors (Lipinski definition) is 9. The Balaban J connectivity index is 1.72. The van der Waals surface area contributed by atoms with Crippen molar-refractivity contribution >= 4 is 35.6 Å². The predicted octanol–water partition coefficient (Wildman–Crippen LogP) is 5.55. The summed E-state index contributed by atoms with van der Waals surface area (Å²) in [6.07, 6.45) is 10.5. The molecule has 0 bridgehead atoms. The van der Waals surface area contributed by atoms with Gasteiger partial charge in [0.2, 0.25) is 29.5 Å². The molecule has 5 N–H and O–H groups in total. The monoisotopic (exact) mass is 873 g/mol. The maximum Gasteiger partial charge on any atom is 0.407 e. The number of ether oxygens (including phenoxy) is 3. The number of rotatable bonds is 15. The highest BCUT2D eigenvalue weighted by Crippen LogP contribution is 2.27. The van der Waals surface area contributed by atoms with Gasteiger partial charge in [-0.15, -0.1) is 0 Å². The van der Waals surface area contributed by atoms with Crippen LogP contribution in [0.2, 0.25) is 0 Å². The van der Waals surface area contributed by atoms with Crippen LogP contribution in [0.3, 0.4) is 0 Å². The third-order valence-electron chi connectivity index (χ3n) is 11.4. The molecule has 2 aromatic carbocycles. The first kappa shape index (κ1) is 50.0. The molecule has 6 amide bonds. The minimum absolute atomic E-state index is 0.0247. The van der Waals surface area contributed by atoms with Crippen molar-refractivity contribution in [2.75, 3.05) is 20.2 Å². The first-order valence-electron chi connectivity index (χ1n) is 22.4. The smallest absolute Gasteiger partial charge is 0.407 e. The van der Waals surface area contributed by atoms with Gasteiger partial charge in [-0.3, -0.25) is 24.0 Å². The summed E-state index contributed by atoms with van der Waals surface area (Å²) in [5.41, 5.74) is 1.89. The number of likely N-dealkylation sites (N-methyl/N-ethyl adjacent to an activating group) is 1. The second-order valence-corrected chi connectivity index (χ2v) is 16.4. The van der Waals surface area contributed by atoms with Gasteiger partial charge in [0.25, 0.3) is 0 Å². The Morgan fingerprint density at radius 1 is 0.841 bits per heavy atom. The molecule has 1 aliphatic carbocycles. The van der Waals surface area contributed by atoms with Crippen LogP contribution in [0.25, 0.3) is 0 Å². The maximum atomic E-state index is 14.6. The molecule has 0 aromatic heterocycles. The fourth-order valence-corrected chi connectivity index (χ4v) is 7.76. The molecule has 1 fully saturated rings. The van der Waals surface area contributed by atoms with E-state index in [1.54, 1.807) is 33.0 Å². The fraction of sp³-hybridized carbons (Fsp3) is 0.542. The summed E-state index contributed by atoms with van der Waals surface area (Å²) in [4.78, 5) is 86.1. The van der Waals surface area contributed by atoms with Gasteiger partial charge in [-0.25, -0.2) is 4.79 Å². The molecule has 1 heterocycles. The van der Waals surface area contributed by atoms with Gasteiger partial charge in [-0.2, -0.15) is 0 Å². The molecule has 6 atom stereocenters. The van der Waals surface area contributed by atoms with Crippen molar-refractivity contribution in [3.8, 4) is 0 Å². The Morgan fingerprint density at radius 2 is 1.51 bits per heavy atom. The van der Waals surface area contributed by atoms with Gasteiger partial charge in [0.1, 0.15) is 37.0 Å². The van der Waals surface area contributed by atoms with E-state index in [0.29, 0.717) is 44.2 Å². The number of amides is 6. The molecule has 0 spiro atoms. The number of nitrogens with zero attached hydrogens (tertiary/aromatic N) is 1. The summed E-state index contributed by atoms with van der Waals surface area (Å²) in [6.45, 7) is 6.87. The first-order chi connectivity index (χ1) is 30.4. The number of nitrogens with one attached hydrogen (secondary N) is 5. The van der Waals surface area contributed by atoms with Crippen LogP contribution in [0.1, 0.15) is 103 Å². The molecule has 0 radical (unpaired) electrons. The van der Waals surface area contributed by atoms with E-state index in [0.717, 1.165) is 36.8 Å². The Bertz CT molecular complexity index is 1840. The van der Waals surface area contributed by atoms with E-state index in [-0.39, 0.29) is 31.6 Å². The fourth-order valence-electron chi connectivity index (χ4n) is 7.76. The molecule has 344 valence electrons. The van der Waals surface area contributed by atoms with Crippen molar-refractivity contribution in [1.29, 1.82) is 0 Å². The highest BCUT2D eigenvalue weighted by atomic mass is 16.5. The highest BCUT2D eigenvalue weighted by Gasteiger charge is 2.38. The van der Waals surface area contributed by atoms with Gasteiger partial charge < -0.3 is 45.7 Å². The lowest BCUT2D eigenvalue weighted by molar-refractivity contribution is -0.144. The summed E-state index contributed by atoms with van der Waals surface area (Å²) in [5, 5.41) is 13.9. The Morgan fingerprint density at radius 3 is 2.16 bits per heavy atom. The van der Waals surface area contributed by atoms with E-state index in [1.807, 2.05) is 74.5 Å². The normalized spacial score (nSPS) is 24.0. The van der Waals surface area contributed by atoms with Crippen LogP contribution in [-0.4, -0.2) is 91.0 Å². The number of carbonyl (C=O) groups is 6. The summed E-state index contributed by atoms with van der Waals surface area (Å²) < 4.78 is 17.5. The Kier molecular flexibility index (Phi) is 21.2. The molecule has 4 rings (SSSR count). The zero-order valence-corrected chi connectivity index (χ0v) is 37.6. The molecule has 15 heteroatoms. The van der Waals surface area contributed by atoms with Gasteiger partial charge in [-0.05, 0) is 69.4 Å². The summed E-state index contributed by atoms with van der Waals surface area (Å²) in [6, 6.07) is 13.7. The summed E-state index contributed by atoms with van der Waals surface area (Å²) in [5.74, 6) is -3.73. The third-order valence-corrected chi connectivity index (χ3v) is 11.4. The van der Waals surface area contributed by atoms with Crippen LogP contribution >= 0.6 is 0 Å². The molecule has 6 unspecified atom stereocenters. The van der Waals surface area contributed by atoms with Crippen molar-refractivity contribution in [1.82, 2.24) is 31.5 Å². The van der Waals surface area contributed by atoms with Crippen LogP contribution < -0.4 is 26.6 Å². The molecule has 2 aromatic rings. The predicted molar refractivity (Wildman–Crippen MR) is 239 cm³/mol. The van der Waals surface area contributed by atoms with E-state index in [9.17, 15) is 28.8 Å². The van der Waals surface area contributed by atoms with E-state index in [2.05, 4.69) is 26.6 Å². The van der Waals surface area contributed by atoms with Crippen molar-refractivity contribution in [3.05, 3.63) is 95.9 Å². The molecule has 1 saturated carbocycles. The second-order valence-electron chi connectivity index (χ2n) is 16.4. The molecule has 15 nitrogen and oxygen atoms in total. The molecule has 1 aliphatic heterocycles. The Labute approximate surface area is 372 Å². The zero-order valence-electron chi connectivity index (χ0n) is 37.6. The quantitative estimate of drug-likeness (QED) is 0.143. The van der Waals surface area contributed by atoms with Crippen LogP contribution in [0.5, 0.6) is 0 Å². The highest BCUT2D eigenvalue weighted by molar-refractivity contribution is 5.96. The van der Waals surface area contributed by atoms with E-state index < -0.39 is 72.5 Å². The third kappa shape index (κ3) is 16.5. The van der Waals surface area contributed by atoms with Crippen molar-refractivity contribution in [3.63, 3.8) is 0 Å². The molecule has 2 aliphatic rings. The average molecular weight is 873 g/mol. The van der Waals surface area contributed by atoms with Crippen LogP contribution in [-0.2, 0) is 51.4 Å². The molecular formula is C48H68N6O9. The number of carbonyl (C=O) groups excluding carboxylic acids is 6. The van der Waals surface area contributed by atoms with Gasteiger partial charge in [0.15, 0.2) is 0 Å². The van der Waals surface area contributed by atoms with Crippen molar-refractivity contribution in [2.24, 2.45) is 11.8 Å². The average Bonchev–Trinajstić information content (AvgIpc) is 3.29. The summed E-state index contributed by atoms with van der Waals surface area (Å²) >= 11 is 0. The van der Waals surface area contributed by atoms with Gasteiger partial charge in [0.05, 0.1) is 31.8 Å². The van der Waals surface area contributed by atoms with E-state index in [1.165, 1.54) is 11.2 Å². The van der Waals surface area contributed by atoms with E-state index in [4.69, 9.17) is 14.2 Å². The van der Waals surface area contributed by atoms with Gasteiger partial charge in [0, 0.05) is 12.7 Å². The van der Waals surface area contributed by atoms with Crippen LogP contribution in [0.4, 0.5) is 4.79 Å². The Hall–Kier alpha value is -5.70. The second kappa shape index (κ2) is 26.7. The number of benzene rings is 2. The molecule has 0 saturated heterocycles. The van der Waals surface area contributed by atoms with Gasteiger partial charge in [-0.1, -0.05) is 112 Å². The molecule has 63 heavy (non-hydrogen) atoms. The van der Waals surface area contributed by atoms with Gasteiger partial charge >= 0.3 is 6.09 Å². The van der Waals surface area contributed by atoms with Crippen molar-refractivity contribution in [2.45, 2.75) is 135 Å². The summed E-state index contributed by atoms with van der Waals surface area (Å²) in [7, 11) is 1.60. The first-order valence-corrected chi connectivity index (χ1v) is 22.4. The molecular weight excluding hydrogens is 805 g/mol. The lowest BCUT2D eigenvalue weighted by Gasteiger charge is -2.35. The maximum absolute atomic E-state index is 14.6. The lowest BCUT2D eigenvalue weighted by atomic mass is 9.83. The largest absolute Gasteiger partial charge is 0.499 e.